The first-order valence-corrected chi connectivity index (χ1v) is 8.23. The van der Waals surface area contributed by atoms with Crippen molar-refractivity contribution in [3.63, 3.8) is 0 Å². The zero-order valence-electron chi connectivity index (χ0n) is 12.7. The molecular weight excluding hydrogens is 300 g/mol. The fourth-order valence-corrected chi connectivity index (χ4v) is 5.56. The first-order valence-electron chi connectivity index (χ1n) is 8.23. The van der Waals surface area contributed by atoms with E-state index < -0.39 is 17.0 Å². The molecule has 1 aromatic heterocycles. The van der Waals surface area contributed by atoms with E-state index in [9.17, 15) is 9.59 Å². The van der Waals surface area contributed by atoms with Crippen molar-refractivity contribution in [3.05, 3.63) is 31.7 Å². The van der Waals surface area contributed by atoms with Gasteiger partial charge >= 0.3 is 11.3 Å². The topological polar surface area (TPSA) is 78.9 Å². The Balaban J connectivity index is 1.67. The summed E-state index contributed by atoms with van der Waals surface area (Å²) in [4.78, 5) is 24.4. The summed E-state index contributed by atoms with van der Waals surface area (Å²) in [5.74, 6) is 0.727. The van der Waals surface area contributed by atoms with Crippen LogP contribution in [0.15, 0.2) is 18.4 Å². The summed E-state index contributed by atoms with van der Waals surface area (Å²) in [5, 5.41) is 0.105. The molecule has 4 saturated carbocycles. The van der Waals surface area contributed by atoms with Gasteiger partial charge < -0.3 is 18.3 Å². The Labute approximate surface area is 131 Å². The number of ether oxygens (including phenoxy) is 2. The molecule has 1 saturated heterocycles. The Morgan fingerprint density at radius 2 is 1.35 bits per heavy atom. The average molecular weight is 318 g/mol. The molecule has 0 amide bonds. The molecule has 23 heavy (non-hydrogen) atoms. The molecule has 5 fully saturated rings. The van der Waals surface area contributed by atoms with E-state index >= 15 is 0 Å². The predicted molar refractivity (Wildman–Crippen MR) is 78.8 cm³/mol. The summed E-state index contributed by atoms with van der Waals surface area (Å²) in [6, 6.07) is 0. The molecule has 0 unspecified atom stereocenters. The minimum absolute atomic E-state index is 0.105. The Morgan fingerprint density at radius 1 is 0.870 bits per heavy atom. The number of hydrogen-bond donors (Lipinski definition) is 0. The van der Waals surface area contributed by atoms with Crippen LogP contribution in [0, 0.1) is 23.7 Å². The Morgan fingerprint density at radius 3 is 1.83 bits per heavy atom. The van der Waals surface area contributed by atoms with E-state index in [0.29, 0.717) is 25.0 Å². The molecule has 0 radical (unpaired) electrons. The predicted octanol–water partition coefficient (Wildman–Crippen LogP) is -0.0369. The van der Waals surface area contributed by atoms with Crippen molar-refractivity contribution in [2.24, 2.45) is 23.7 Å². The first kappa shape index (κ1) is 13.7. The van der Waals surface area contributed by atoms with Gasteiger partial charge in [0.2, 0.25) is 0 Å². The largest absolute Gasteiger partial charge is 0.389 e. The molecule has 6 nitrogen and oxygen atoms in total. The summed E-state index contributed by atoms with van der Waals surface area (Å²) < 4.78 is 21.9. The SMILES string of the molecule is C=c1oc(=O)c(=C2C3CC4CC2CC(C3)C42OCCO2)c(=O)o1. The second-order valence-corrected chi connectivity index (χ2v) is 7.13. The van der Waals surface area contributed by atoms with Crippen molar-refractivity contribution in [2.45, 2.75) is 31.5 Å². The van der Waals surface area contributed by atoms with Gasteiger partial charge in [-0.05, 0) is 49.7 Å². The Kier molecular flexibility index (Phi) is 2.66. The fraction of sp³-hybridized carbons (Fsp3) is 0.647. The minimum atomic E-state index is -0.614. The van der Waals surface area contributed by atoms with Crippen LogP contribution in [0.2, 0.25) is 0 Å². The molecule has 122 valence electrons. The molecule has 1 aromatic rings. The van der Waals surface area contributed by atoms with Gasteiger partial charge in [0.25, 0.3) is 5.61 Å². The summed E-state index contributed by atoms with van der Waals surface area (Å²) in [6.07, 6.45) is 3.58. The van der Waals surface area contributed by atoms with Gasteiger partial charge in [0, 0.05) is 11.8 Å². The highest BCUT2D eigenvalue weighted by atomic mass is 16.7. The molecule has 0 aromatic carbocycles. The van der Waals surface area contributed by atoms with Gasteiger partial charge in [-0.2, -0.15) is 0 Å². The Bertz CT molecular complexity index is 814. The second kappa shape index (κ2) is 4.45. The fourth-order valence-electron chi connectivity index (χ4n) is 5.56. The van der Waals surface area contributed by atoms with E-state index in [1.54, 1.807) is 0 Å². The second-order valence-electron chi connectivity index (χ2n) is 7.13. The summed E-state index contributed by atoms with van der Waals surface area (Å²) >= 11 is 0. The lowest BCUT2D eigenvalue weighted by Crippen LogP contribution is -2.60. The highest BCUT2D eigenvalue weighted by molar-refractivity contribution is 5.53. The zero-order chi connectivity index (χ0) is 15.8. The molecule has 5 aliphatic rings. The molecular formula is C17H18O6. The van der Waals surface area contributed by atoms with Crippen LogP contribution in [0.3, 0.4) is 0 Å². The van der Waals surface area contributed by atoms with Crippen LogP contribution in [-0.4, -0.2) is 19.0 Å². The van der Waals surface area contributed by atoms with Crippen LogP contribution >= 0.6 is 0 Å². The lowest BCUT2D eigenvalue weighted by atomic mass is 9.51. The molecule has 0 N–H and O–H groups in total. The zero-order valence-corrected chi connectivity index (χ0v) is 12.7. The summed E-state index contributed by atoms with van der Waals surface area (Å²) in [7, 11) is 0. The van der Waals surface area contributed by atoms with Gasteiger partial charge in [0.05, 0.1) is 13.2 Å². The number of hydrogen-bond acceptors (Lipinski definition) is 6. The van der Waals surface area contributed by atoms with Crippen LogP contribution in [0.25, 0.3) is 12.2 Å². The molecule has 1 aliphatic heterocycles. The standard InChI is InChI=1S/C17H18O6/c1-8-22-15(18)14(16(19)23-8)13-9-4-11-6-10(13)7-12(5-9)17(11)20-2-3-21-17/h9-12H,1-7H2. The van der Waals surface area contributed by atoms with E-state index in [-0.39, 0.29) is 22.7 Å². The number of rotatable bonds is 0. The van der Waals surface area contributed by atoms with Gasteiger partial charge in [-0.25, -0.2) is 9.59 Å². The third-order valence-electron chi connectivity index (χ3n) is 6.14. The molecule has 4 bridgehead atoms. The van der Waals surface area contributed by atoms with Crippen molar-refractivity contribution in [3.8, 4) is 0 Å². The van der Waals surface area contributed by atoms with Gasteiger partial charge in [0.1, 0.15) is 5.22 Å². The molecule has 2 heterocycles. The van der Waals surface area contributed by atoms with E-state index in [1.807, 2.05) is 0 Å². The Hall–Kier alpha value is -1.66. The average Bonchev–Trinajstić information content (AvgIpc) is 2.94. The lowest BCUT2D eigenvalue weighted by molar-refractivity contribution is -0.275. The monoisotopic (exact) mass is 318 g/mol. The van der Waals surface area contributed by atoms with Crippen molar-refractivity contribution in [1.29, 1.82) is 0 Å². The van der Waals surface area contributed by atoms with Crippen LogP contribution in [0.4, 0.5) is 0 Å². The van der Waals surface area contributed by atoms with Crippen molar-refractivity contribution in [1.82, 2.24) is 0 Å². The maximum atomic E-state index is 12.2. The van der Waals surface area contributed by atoms with E-state index in [0.717, 1.165) is 31.3 Å². The van der Waals surface area contributed by atoms with Crippen molar-refractivity contribution in [2.75, 3.05) is 13.2 Å². The van der Waals surface area contributed by atoms with Crippen molar-refractivity contribution < 1.29 is 18.3 Å². The van der Waals surface area contributed by atoms with Crippen LogP contribution in [0.1, 0.15) is 25.7 Å². The van der Waals surface area contributed by atoms with Gasteiger partial charge in [-0.1, -0.05) is 0 Å². The third-order valence-corrected chi connectivity index (χ3v) is 6.14. The van der Waals surface area contributed by atoms with E-state index in [2.05, 4.69) is 6.58 Å². The first-order chi connectivity index (χ1) is 11.1. The van der Waals surface area contributed by atoms with Gasteiger partial charge in [0.15, 0.2) is 5.79 Å². The maximum absolute atomic E-state index is 12.2. The van der Waals surface area contributed by atoms with E-state index in [4.69, 9.17) is 18.3 Å². The minimum Gasteiger partial charge on any atom is -0.389 e. The van der Waals surface area contributed by atoms with Gasteiger partial charge in [-0.3, -0.25) is 0 Å². The third kappa shape index (κ3) is 1.71. The highest BCUT2D eigenvalue weighted by Gasteiger charge is 2.62. The maximum Gasteiger partial charge on any atom is 0.353 e. The molecule has 0 atom stereocenters. The lowest BCUT2D eigenvalue weighted by Gasteiger charge is -2.59. The summed E-state index contributed by atoms with van der Waals surface area (Å²) in [6.45, 7) is 4.72. The highest BCUT2D eigenvalue weighted by Crippen LogP contribution is 2.62. The quantitative estimate of drug-likeness (QED) is 0.668. The van der Waals surface area contributed by atoms with Crippen LogP contribution in [0.5, 0.6) is 0 Å². The smallest absolute Gasteiger partial charge is 0.353 e. The van der Waals surface area contributed by atoms with Gasteiger partial charge in [-0.15, -0.1) is 0 Å². The molecule has 1 spiro atoms. The molecule has 6 rings (SSSR count). The van der Waals surface area contributed by atoms with Crippen LogP contribution in [-0.2, 0) is 9.47 Å². The van der Waals surface area contributed by atoms with E-state index in [1.165, 1.54) is 0 Å². The molecule has 4 aliphatic carbocycles. The normalized spacial score (nSPS) is 37.0. The summed E-state index contributed by atoms with van der Waals surface area (Å²) in [5.41, 5.74) is -0.527. The van der Waals surface area contributed by atoms with Crippen LogP contribution < -0.4 is 22.1 Å². The molecule has 6 heteroatoms. The van der Waals surface area contributed by atoms with Crippen molar-refractivity contribution >= 4 is 12.2 Å².